The molecule has 0 bridgehead atoms. The number of esters is 4. The van der Waals surface area contributed by atoms with Crippen LogP contribution in [0.2, 0.25) is 0 Å². The van der Waals surface area contributed by atoms with Crippen molar-refractivity contribution in [3.05, 3.63) is 319 Å². The smallest absolute Gasteiger partial charge is 0.343 e. The number of carbonyl (C=O) groups excluding carboxylic acids is 6. The number of amides is 2. The van der Waals surface area contributed by atoms with Crippen LogP contribution in [0, 0.1) is 5.92 Å². The predicted octanol–water partition coefficient (Wildman–Crippen LogP) is 18.4. The van der Waals surface area contributed by atoms with Crippen molar-refractivity contribution in [1.29, 1.82) is 0 Å². The van der Waals surface area contributed by atoms with Gasteiger partial charge in [0.05, 0.1) is 38.6 Å². The minimum atomic E-state index is -0.875. The Morgan fingerprint density at radius 3 is 1.27 bits per heavy atom. The highest BCUT2D eigenvalue weighted by Crippen LogP contribution is 2.44. The lowest BCUT2D eigenvalue weighted by molar-refractivity contribution is -0.146. The lowest BCUT2D eigenvalue weighted by Gasteiger charge is -2.20. The summed E-state index contributed by atoms with van der Waals surface area (Å²) in [4.78, 5) is 86.4. The van der Waals surface area contributed by atoms with E-state index in [-0.39, 0.29) is 124 Å². The van der Waals surface area contributed by atoms with Crippen molar-refractivity contribution in [2.24, 2.45) is 5.92 Å². The summed E-state index contributed by atoms with van der Waals surface area (Å²) >= 11 is 0. The summed E-state index contributed by atoms with van der Waals surface area (Å²) in [6.45, 7) is 14.8. The molecule has 0 N–H and O–H groups in total. The molecule has 16 rings (SSSR count). The van der Waals surface area contributed by atoms with Crippen molar-refractivity contribution in [2.45, 2.75) is 72.9 Å². The van der Waals surface area contributed by atoms with Crippen LogP contribution in [0.15, 0.2) is 285 Å². The summed E-state index contributed by atoms with van der Waals surface area (Å²) in [5, 5.41) is 0. The van der Waals surface area contributed by atoms with Crippen LogP contribution in [0.25, 0.3) is 22.3 Å². The van der Waals surface area contributed by atoms with E-state index in [9.17, 15) is 28.8 Å². The molecule has 0 aliphatic carbocycles. The highest BCUT2D eigenvalue weighted by molar-refractivity contribution is 6.14. The first-order valence-corrected chi connectivity index (χ1v) is 44.3. The summed E-state index contributed by atoms with van der Waals surface area (Å²) in [5.41, 5.74) is 8.55. The van der Waals surface area contributed by atoms with E-state index in [1.54, 1.807) is 116 Å². The molecule has 4 aliphatic rings. The van der Waals surface area contributed by atoms with Gasteiger partial charge in [-0.1, -0.05) is 142 Å². The van der Waals surface area contributed by atoms with Crippen LogP contribution in [0.4, 0.5) is 0 Å². The Morgan fingerprint density at radius 1 is 0.372 bits per heavy atom. The van der Waals surface area contributed by atoms with E-state index in [1.807, 2.05) is 103 Å². The number of aromatic nitrogens is 2. The second-order valence-electron chi connectivity index (χ2n) is 31.5. The van der Waals surface area contributed by atoms with Gasteiger partial charge in [0.25, 0.3) is 11.8 Å². The van der Waals surface area contributed by atoms with Gasteiger partial charge >= 0.3 is 23.9 Å². The fourth-order valence-corrected chi connectivity index (χ4v) is 13.9. The monoisotopic (exact) mass is 1860 g/mol. The quantitative estimate of drug-likeness (QED) is 0.0112. The molecule has 6 heterocycles. The average Bonchev–Trinajstić information content (AvgIpc) is 1.48. The Kier molecular flexibility index (Phi) is 33.3. The van der Waals surface area contributed by atoms with Gasteiger partial charge in [-0.05, 0) is 174 Å². The van der Waals surface area contributed by atoms with Gasteiger partial charge in [0, 0.05) is 71.9 Å². The van der Waals surface area contributed by atoms with Crippen molar-refractivity contribution in [3.63, 3.8) is 0 Å². The van der Waals surface area contributed by atoms with Crippen molar-refractivity contribution in [1.82, 2.24) is 14.9 Å². The van der Waals surface area contributed by atoms with E-state index in [1.165, 1.54) is 43.2 Å². The molecule has 0 unspecified atom stereocenters. The fourth-order valence-electron chi connectivity index (χ4n) is 13.9. The van der Waals surface area contributed by atoms with E-state index >= 15 is 0 Å². The van der Waals surface area contributed by atoms with E-state index in [0.29, 0.717) is 126 Å². The Hall–Kier alpha value is -16.3. The molecule has 2 aromatic heterocycles. The second-order valence-corrected chi connectivity index (χ2v) is 31.5. The van der Waals surface area contributed by atoms with E-state index in [4.69, 9.17) is 99.5 Å². The van der Waals surface area contributed by atoms with Gasteiger partial charge < -0.3 is 99.5 Å². The predicted molar refractivity (Wildman–Crippen MR) is 500 cm³/mol. The summed E-state index contributed by atoms with van der Waals surface area (Å²) in [6, 6.07) is 70.6. The molecule has 30 nitrogen and oxygen atoms in total. The zero-order chi connectivity index (χ0) is 95.0. The van der Waals surface area contributed by atoms with Crippen molar-refractivity contribution in [2.75, 3.05) is 86.4 Å². The zero-order valence-corrected chi connectivity index (χ0v) is 75.5. The lowest BCUT2D eigenvalue weighted by Crippen LogP contribution is -2.36. The number of ether oxygens (including phenoxy) is 21. The number of imide groups is 1. The first kappa shape index (κ1) is 95.3. The number of nitrogens with zero attached hydrogens (tertiary/aromatic N) is 3. The number of unbranched alkanes of at least 4 members (excludes halogenated alkanes) is 2. The molecule has 12 aromatic rings. The number of carbonyl (C=O) groups is 6. The molecule has 0 spiro atoms. The summed E-state index contributed by atoms with van der Waals surface area (Å²) in [6.07, 6.45) is 10.1. The SMILES string of the molecule is C=C(C)C(=O)Oc1ccc(-c2ccc(OC(=O)c3cc(OCCOc4ccc5c(c4)OCO5)c(OCCOc4ccc5c(c4)OCO5)c(OCCOc4ccc5c(c4)OCO5)c3)c(OC(=O)C(=C)C)c2)cc1.CCCCCc1ccc(-c2ccc(OCC(COCc3ccc(COc4ccccn4)cc3)COCc3ccc(COc4ccccn4)cc3)c(OC(=O)CN3C(=O)C=CC3=O)c2)cc1. The third kappa shape index (κ3) is 27.7. The largest absolute Gasteiger partial charge is 0.490 e. The molecular formula is C107H99N3O27. The Bertz CT molecular complexity index is 6040. The summed E-state index contributed by atoms with van der Waals surface area (Å²) in [5.74, 6) is 2.71. The minimum absolute atomic E-state index is 0.00147. The third-order valence-electron chi connectivity index (χ3n) is 21.1. The molecule has 137 heavy (non-hydrogen) atoms. The molecule has 4 aliphatic heterocycles. The van der Waals surface area contributed by atoms with Gasteiger partial charge in [0.2, 0.25) is 37.9 Å². The van der Waals surface area contributed by atoms with E-state index in [0.717, 1.165) is 69.7 Å². The molecule has 704 valence electrons. The first-order valence-electron chi connectivity index (χ1n) is 44.3. The van der Waals surface area contributed by atoms with Gasteiger partial charge in [-0.3, -0.25) is 14.5 Å². The van der Waals surface area contributed by atoms with Gasteiger partial charge in [0.1, 0.15) is 82.4 Å². The van der Waals surface area contributed by atoms with Gasteiger partial charge in [-0.25, -0.2) is 29.1 Å². The van der Waals surface area contributed by atoms with Gasteiger partial charge in [0.15, 0.2) is 69.0 Å². The molecule has 0 saturated carbocycles. The number of hydrogen-bond donors (Lipinski definition) is 0. The van der Waals surface area contributed by atoms with Crippen LogP contribution in [-0.2, 0) is 66.3 Å². The van der Waals surface area contributed by atoms with Crippen LogP contribution < -0.4 is 90.0 Å². The van der Waals surface area contributed by atoms with Crippen molar-refractivity contribution < 1.29 is 128 Å². The maximum Gasteiger partial charge on any atom is 0.343 e. The van der Waals surface area contributed by atoms with E-state index in [2.05, 4.69) is 42.2 Å². The summed E-state index contributed by atoms with van der Waals surface area (Å²) < 4.78 is 123. The molecule has 30 heteroatoms. The Labute approximate surface area is 790 Å². The van der Waals surface area contributed by atoms with Crippen LogP contribution >= 0.6 is 0 Å². The molecule has 0 saturated heterocycles. The first-order chi connectivity index (χ1) is 66.9. The Morgan fingerprint density at radius 2 is 0.796 bits per heavy atom. The lowest BCUT2D eigenvalue weighted by atomic mass is 10.0. The second kappa shape index (κ2) is 47.8. The maximum absolute atomic E-state index is 14.3. The highest BCUT2D eigenvalue weighted by atomic mass is 16.7. The number of fused-ring (bicyclic) bond motifs is 3. The van der Waals surface area contributed by atoms with Gasteiger partial charge in [-0.2, -0.15) is 0 Å². The topological polar surface area (TPSA) is 325 Å². The standard InChI is InChI=1S/C54H46O18.C53H53N3O9/c1-32(2)52(55)70-37-8-5-34(6-9-37)35-7-13-44(48(23-35)72-53(56)33(3)4)71-54(57)36-24-49(61-20-17-58-38-10-14-41-45(26-38)67-29-64-41)51(63-22-19-60-40-12-16-43-47(28-40)69-31-66-43)50(25-36)62-21-18-59-39-11-15-42-46(27-39)68-30-65-42;1-2-3-4-9-39-20-22-45(23-21-39)46-24-25-47(48(30-46)65-53(59)31-56-51(57)26-27-52(56)58)62-38-44(34-60-32-40-12-16-42(17-13-40)36-63-49-10-5-7-28-54-49)35-61-33-41-14-18-43(19-15-41)37-64-50-11-6-8-29-55-50/h5-16,23-28H,1,3,17-22,29-31H2,2,4H3;5-8,10-30,44H,2-4,9,31-38H2,1H3. The Balaban J connectivity index is 0.000000209. The highest BCUT2D eigenvalue weighted by Gasteiger charge is 2.30. The number of aryl methyl sites for hydroxylation is 1. The maximum atomic E-state index is 14.3. The number of rotatable bonds is 47. The normalized spacial score (nSPS) is 12.2. The molecule has 10 aromatic carbocycles. The number of pyridine rings is 2. The molecule has 0 atom stereocenters. The molecule has 0 fully saturated rings. The third-order valence-corrected chi connectivity index (χ3v) is 21.1. The minimum Gasteiger partial charge on any atom is -0.490 e. The summed E-state index contributed by atoms with van der Waals surface area (Å²) in [7, 11) is 0. The number of benzene rings is 10. The van der Waals surface area contributed by atoms with E-state index < -0.39 is 42.2 Å². The van der Waals surface area contributed by atoms with Crippen LogP contribution in [0.5, 0.6) is 110 Å². The van der Waals surface area contributed by atoms with Gasteiger partial charge in [-0.15, -0.1) is 0 Å². The molecule has 2 amide bonds. The van der Waals surface area contributed by atoms with Crippen LogP contribution in [-0.4, -0.2) is 137 Å². The van der Waals surface area contributed by atoms with Crippen molar-refractivity contribution >= 4 is 35.7 Å². The average molecular weight is 1860 g/mol. The fraction of sp³-hybridized carbons (Fsp3) is 0.234. The molecular weight excluding hydrogens is 1760 g/mol. The zero-order valence-electron chi connectivity index (χ0n) is 75.5. The van der Waals surface area contributed by atoms with Crippen molar-refractivity contribution in [3.8, 4) is 132 Å². The van der Waals surface area contributed by atoms with Crippen LogP contribution in [0.3, 0.4) is 0 Å². The molecule has 0 radical (unpaired) electrons. The number of hydrogen-bond acceptors (Lipinski definition) is 29. The van der Waals surface area contributed by atoms with Crippen LogP contribution in [0.1, 0.15) is 78.2 Å².